The maximum Gasteiger partial charge on any atom is 0.0294 e. The monoisotopic (exact) mass is 245 g/mol. The van der Waals surface area contributed by atoms with Crippen molar-refractivity contribution in [2.24, 2.45) is 11.8 Å². The first-order valence-corrected chi connectivity index (χ1v) is 7.38. The molecule has 1 aromatic carbocycles. The quantitative estimate of drug-likeness (QED) is 0.829. The van der Waals surface area contributed by atoms with Gasteiger partial charge >= 0.3 is 0 Å². The first-order valence-electron chi connectivity index (χ1n) is 7.38. The zero-order valence-electron chi connectivity index (χ0n) is 12.3. The summed E-state index contributed by atoms with van der Waals surface area (Å²) in [6.07, 6.45) is 4.25. The minimum atomic E-state index is 0.471. The molecule has 100 valence electrons. The van der Waals surface area contributed by atoms with Gasteiger partial charge in [-0.05, 0) is 56.7 Å². The Morgan fingerprint density at radius 2 is 2.06 bits per heavy atom. The SMILES string of the molecule is Cc1ccc(C(C)NCC2CCCC2C)c(C)c1. The van der Waals surface area contributed by atoms with E-state index >= 15 is 0 Å². The summed E-state index contributed by atoms with van der Waals surface area (Å²) in [6.45, 7) is 10.3. The van der Waals surface area contributed by atoms with Crippen LogP contribution < -0.4 is 5.32 Å². The predicted octanol–water partition coefficient (Wildman–Crippen LogP) is 4.39. The molecule has 1 nitrogen and oxygen atoms in total. The van der Waals surface area contributed by atoms with Crippen LogP contribution in [0, 0.1) is 25.7 Å². The minimum Gasteiger partial charge on any atom is -0.310 e. The molecule has 1 aromatic rings. The van der Waals surface area contributed by atoms with Gasteiger partial charge in [0.2, 0.25) is 0 Å². The van der Waals surface area contributed by atoms with Gasteiger partial charge in [-0.15, -0.1) is 0 Å². The molecule has 0 heterocycles. The van der Waals surface area contributed by atoms with Gasteiger partial charge in [0.05, 0.1) is 0 Å². The fourth-order valence-corrected chi connectivity index (χ4v) is 3.28. The van der Waals surface area contributed by atoms with E-state index in [1.807, 2.05) is 0 Å². The maximum absolute atomic E-state index is 3.73. The molecule has 0 spiro atoms. The molecule has 2 rings (SSSR count). The van der Waals surface area contributed by atoms with Gasteiger partial charge in [0.15, 0.2) is 0 Å². The van der Waals surface area contributed by atoms with Crippen LogP contribution in [0.2, 0.25) is 0 Å². The smallest absolute Gasteiger partial charge is 0.0294 e. The van der Waals surface area contributed by atoms with Crippen molar-refractivity contribution in [3.63, 3.8) is 0 Å². The molecule has 1 saturated carbocycles. The van der Waals surface area contributed by atoms with Crippen LogP contribution >= 0.6 is 0 Å². The topological polar surface area (TPSA) is 12.0 Å². The lowest BCUT2D eigenvalue weighted by molar-refractivity contribution is 0.374. The minimum absolute atomic E-state index is 0.471. The second-order valence-electron chi connectivity index (χ2n) is 6.16. The molecule has 1 heteroatoms. The molecular formula is C17H27N. The molecule has 1 aliphatic carbocycles. The summed E-state index contributed by atoms with van der Waals surface area (Å²) in [7, 11) is 0. The summed E-state index contributed by atoms with van der Waals surface area (Å²) in [5, 5.41) is 3.73. The van der Waals surface area contributed by atoms with E-state index in [-0.39, 0.29) is 0 Å². The van der Waals surface area contributed by atoms with Gasteiger partial charge in [-0.3, -0.25) is 0 Å². The van der Waals surface area contributed by atoms with Crippen LogP contribution in [-0.4, -0.2) is 6.54 Å². The Bertz CT molecular complexity index is 397. The second-order valence-corrected chi connectivity index (χ2v) is 6.16. The Kier molecular flexibility index (Phi) is 4.45. The first-order chi connectivity index (χ1) is 8.58. The molecule has 1 N–H and O–H groups in total. The average Bonchev–Trinajstić information content (AvgIpc) is 2.72. The molecule has 0 aliphatic heterocycles. The highest BCUT2D eigenvalue weighted by Crippen LogP contribution is 2.31. The van der Waals surface area contributed by atoms with Crippen LogP contribution in [0.1, 0.15) is 55.8 Å². The summed E-state index contributed by atoms with van der Waals surface area (Å²) in [4.78, 5) is 0. The van der Waals surface area contributed by atoms with Crippen LogP contribution in [0.25, 0.3) is 0 Å². The molecule has 3 atom stereocenters. The van der Waals surface area contributed by atoms with Gasteiger partial charge in [-0.1, -0.05) is 43.5 Å². The highest BCUT2D eigenvalue weighted by Gasteiger charge is 2.23. The van der Waals surface area contributed by atoms with Crippen LogP contribution in [0.4, 0.5) is 0 Å². The van der Waals surface area contributed by atoms with Gasteiger partial charge < -0.3 is 5.32 Å². The number of aryl methyl sites for hydroxylation is 2. The molecule has 0 radical (unpaired) electrons. The van der Waals surface area contributed by atoms with Gasteiger partial charge in [0, 0.05) is 6.04 Å². The van der Waals surface area contributed by atoms with E-state index in [1.54, 1.807) is 0 Å². The highest BCUT2D eigenvalue weighted by atomic mass is 14.9. The third-order valence-electron chi connectivity index (χ3n) is 4.62. The van der Waals surface area contributed by atoms with E-state index in [0.717, 1.165) is 11.8 Å². The van der Waals surface area contributed by atoms with E-state index in [9.17, 15) is 0 Å². The van der Waals surface area contributed by atoms with Gasteiger partial charge in [0.25, 0.3) is 0 Å². The summed E-state index contributed by atoms with van der Waals surface area (Å²) in [5.41, 5.74) is 4.22. The van der Waals surface area contributed by atoms with E-state index in [0.29, 0.717) is 6.04 Å². The Balaban J connectivity index is 1.93. The summed E-state index contributed by atoms with van der Waals surface area (Å²) >= 11 is 0. The molecule has 3 unspecified atom stereocenters. The number of hydrogen-bond acceptors (Lipinski definition) is 1. The Labute approximate surface area is 112 Å². The van der Waals surface area contributed by atoms with Crippen molar-refractivity contribution in [1.29, 1.82) is 0 Å². The standard InChI is InChI=1S/C17H27N/c1-12-8-9-17(14(3)10-12)15(4)18-11-16-7-5-6-13(16)2/h8-10,13,15-16,18H,5-7,11H2,1-4H3. The molecular weight excluding hydrogens is 218 g/mol. The lowest BCUT2D eigenvalue weighted by Crippen LogP contribution is -2.27. The fraction of sp³-hybridized carbons (Fsp3) is 0.647. The largest absolute Gasteiger partial charge is 0.310 e. The molecule has 18 heavy (non-hydrogen) atoms. The Hall–Kier alpha value is -0.820. The predicted molar refractivity (Wildman–Crippen MR) is 78.8 cm³/mol. The number of benzene rings is 1. The third kappa shape index (κ3) is 3.14. The van der Waals surface area contributed by atoms with Crippen molar-refractivity contribution < 1.29 is 0 Å². The van der Waals surface area contributed by atoms with E-state index in [4.69, 9.17) is 0 Å². The molecule has 1 fully saturated rings. The molecule has 1 aliphatic rings. The number of hydrogen-bond donors (Lipinski definition) is 1. The van der Waals surface area contributed by atoms with Crippen LogP contribution in [-0.2, 0) is 0 Å². The maximum atomic E-state index is 3.73. The Morgan fingerprint density at radius 1 is 1.28 bits per heavy atom. The lowest BCUT2D eigenvalue weighted by atomic mass is 9.96. The van der Waals surface area contributed by atoms with Crippen molar-refractivity contribution in [2.45, 2.75) is 53.0 Å². The fourth-order valence-electron chi connectivity index (χ4n) is 3.28. The van der Waals surface area contributed by atoms with Crippen LogP contribution in [0.5, 0.6) is 0 Å². The number of rotatable bonds is 4. The summed E-state index contributed by atoms with van der Waals surface area (Å²) < 4.78 is 0. The highest BCUT2D eigenvalue weighted by molar-refractivity contribution is 5.32. The van der Waals surface area contributed by atoms with E-state index in [1.165, 1.54) is 42.5 Å². The average molecular weight is 245 g/mol. The van der Waals surface area contributed by atoms with Crippen molar-refractivity contribution in [3.05, 3.63) is 34.9 Å². The zero-order chi connectivity index (χ0) is 13.1. The van der Waals surface area contributed by atoms with E-state index < -0.39 is 0 Å². The Morgan fingerprint density at radius 3 is 2.67 bits per heavy atom. The second kappa shape index (κ2) is 5.88. The van der Waals surface area contributed by atoms with Crippen molar-refractivity contribution in [2.75, 3.05) is 6.54 Å². The molecule has 0 aromatic heterocycles. The molecule has 0 bridgehead atoms. The summed E-state index contributed by atoms with van der Waals surface area (Å²) in [6, 6.07) is 7.25. The zero-order valence-corrected chi connectivity index (χ0v) is 12.3. The van der Waals surface area contributed by atoms with Crippen molar-refractivity contribution in [3.8, 4) is 0 Å². The first kappa shape index (κ1) is 13.6. The van der Waals surface area contributed by atoms with Crippen molar-refractivity contribution in [1.82, 2.24) is 5.32 Å². The van der Waals surface area contributed by atoms with Gasteiger partial charge in [-0.25, -0.2) is 0 Å². The van der Waals surface area contributed by atoms with Crippen LogP contribution in [0.3, 0.4) is 0 Å². The van der Waals surface area contributed by atoms with Gasteiger partial charge in [0.1, 0.15) is 0 Å². The van der Waals surface area contributed by atoms with Gasteiger partial charge in [-0.2, -0.15) is 0 Å². The lowest BCUT2D eigenvalue weighted by Gasteiger charge is -2.21. The molecule has 0 saturated heterocycles. The third-order valence-corrected chi connectivity index (χ3v) is 4.62. The summed E-state index contributed by atoms with van der Waals surface area (Å²) in [5.74, 6) is 1.79. The van der Waals surface area contributed by atoms with E-state index in [2.05, 4.69) is 51.2 Å². The van der Waals surface area contributed by atoms with Crippen molar-refractivity contribution >= 4 is 0 Å². The van der Waals surface area contributed by atoms with Crippen LogP contribution in [0.15, 0.2) is 18.2 Å². The number of nitrogens with one attached hydrogen (secondary N) is 1. The normalized spacial score (nSPS) is 25.3. The molecule has 0 amide bonds.